The minimum absolute atomic E-state index is 0.0536. The van der Waals surface area contributed by atoms with Crippen molar-refractivity contribution in [2.75, 3.05) is 45.2 Å². The van der Waals surface area contributed by atoms with E-state index in [2.05, 4.69) is 39.7 Å². The molecule has 0 aliphatic carbocycles. The minimum atomic E-state index is 0.0536. The molecule has 0 bridgehead atoms. The Labute approximate surface area is 175 Å². The van der Waals surface area contributed by atoms with Crippen molar-refractivity contribution >= 4 is 17.6 Å². The van der Waals surface area contributed by atoms with Gasteiger partial charge in [0.05, 0.1) is 13.2 Å². The first-order chi connectivity index (χ1) is 14.0. The molecule has 7 nitrogen and oxygen atoms in total. The van der Waals surface area contributed by atoms with Crippen LogP contribution in [0.4, 0.5) is 5.69 Å². The maximum absolute atomic E-state index is 11.8. The fourth-order valence-corrected chi connectivity index (χ4v) is 3.51. The first kappa shape index (κ1) is 23.2. The quantitative estimate of drug-likeness (QED) is 0.436. The fraction of sp³-hybridized carbons (Fsp3) is 0.636. The van der Waals surface area contributed by atoms with Gasteiger partial charge in [-0.05, 0) is 30.0 Å². The Morgan fingerprint density at radius 2 is 2.00 bits per heavy atom. The van der Waals surface area contributed by atoms with Crippen LogP contribution in [0, 0.1) is 5.92 Å². The Balaban J connectivity index is 1.86. The maximum atomic E-state index is 11.8. The summed E-state index contributed by atoms with van der Waals surface area (Å²) in [6.45, 7) is 11.6. The Morgan fingerprint density at radius 3 is 2.66 bits per heavy atom. The number of hydrogen-bond donors (Lipinski definition) is 3. The molecular weight excluding hydrogens is 366 g/mol. The number of benzene rings is 1. The van der Waals surface area contributed by atoms with E-state index in [0.717, 1.165) is 56.5 Å². The maximum Gasteiger partial charge on any atom is 0.224 e. The lowest BCUT2D eigenvalue weighted by molar-refractivity contribution is -0.116. The smallest absolute Gasteiger partial charge is 0.224 e. The predicted molar refractivity (Wildman–Crippen MR) is 119 cm³/mol. The number of carbonyl (C=O) groups excluding carboxylic acids is 1. The minimum Gasteiger partial charge on any atom is -0.379 e. The van der Waals surface area contributed by atoms with Crippen molar-refractivity contribution < 1.29 is 9.53 Å². The molecule has 0 spiro atoms. The van der Waals surface area contributed by atoms with Crippen LogP contribution in [0.2, 0.25) is 0 Å². The van der Waals surface area contributed by atoms with E-state index < -0.39 is 0 Å². The molecule has 1 fully saturated rings. The fourth-order valence-electron chi connectivity index (χ4n) is 3.51. The molecule has 1 atom stereocenters. The molecule has 1 saturated heterocycles. The van der Waals surface area contributed by atoms with Gasteiger partial charge in [-0.3, -0.25) is 14.7 Å². The van der Waals surface area contributed by atoms with Crippen molar-refractivity contribution in [3.63, 3.8) is 0 Å². The normalized spacial score (nSPS) is 16.5. The zero-order valence-corrected chi connectivity index (χ0v) is 18.3. The number of amides is 1. The molecule has 1 aliphatic rings. The molecule has 7 heteroatoms. The number of nitrogens with zero attached hydrogens (tertiary/aromatic N) is 2. The number of hydrogen-bond acceptors (Lipinski definition) is 4. The molecule has 0 aromatic heterocycles. The number of morpholine rings is 1. The number of nitrogens with one attached hydrogen (secondary N) is 3. The first-order valence-corrected chi connectivity index (χ1v) is 10.7. The van der Waals surface area contributed by atoms with Gasteiger partial charge in [0.15, 0.2) is 5.96 Å². The van der Waals surface area contributed by atoms with E-state index >= 15 is 0 Å². The summed E-state index contributed by atoms with van der Waals surface area (Å²) in [6, 6.07) is 8.36. The highest BCUT2D eigenvalue weighted by Gasteiger charge is 2.23. The molecule has 1 aromatic carbocycles. The van der Waals surface area contributed by atoms with Gasteiger partial charge in [-0.25, -0.2) is 0 Å². The number of carbonyl (C=O) groups is 1. The monoisotopic (exact) mass is 403 g/mol. The van der Waals surface area contributed by atoms with Crippen molar-refractivity contribution in [1.29, 1.82) is 0 Å². The van der Waals surface area contributed by atoms with Crippen molar-refractivity contribution in [3.05, 3.63) is 29.8 Å². The molecular formula is C22H37N5O2. The van der Waals surface area contributed by atoms with Gasteiger partial charge < -0.3 is 20.7 Å². The second-order valence-corrected chi connectivity index (χ2v) is 7.76. The summed E-state index contributed by atoms with van der Waals surface area (Å²) in [4.78, 5) is 18.7. The second-order valence-electron chi connectivity index (χ2n) is 7.76. The molecule has 3 N–H and O–H groups in total. The number of guanidine groups is 1. The van der Waals surface area contributed by atoms with Crippen LogP contribution in [0.25, 0.3) is 0 Å². The van der Waals surface area contributed by atoms with Crippen LogP contribution in [-0.2, 0) is 16.1 Å². The largest absolute Gasteiger partial charge is 0.379 e. The Bertz CT molecular complexity index is 656. The standard InChI is InChI=1S/C22H37N5O2/c1-5-7-21(28)26-19-9-6-8-18(14-19)15-24-22(23-4)25-16-20(17(2)3)27-10-12-29-13-11-27/h6,8-9,14,17,20H,5,7,10-13,15-16H2,1-4H3,(H,26,28)(H2,23,24,25). The molecule has 0 radical (unpaired) electrons. The van der Waals surface area contributed by atoms with Gasteiger partial charge >= 0.3 is 0 Å². The zero-order valence-electron chi connectivity index (χ0n) is 18.3. The number of ether oxygens (including phenoxy) is 1. The summed E-state index contributed by atoms with van der Waals surface area (Å²) < 4.78 is 5.49. The molecule has 1 amide bonds. The van der Waals surface area contributed by atoms with Gasteiger partial charge in [0.1, 0.15) is 0 Å². The van der Waals surface area contributed by atoms with Crippen molar-refractivity contribution in [1.82, 2.24) is 15.5 Å². The van der Waals surface area contributed by atoms with Crippen LogP contribution in [-0.4, -0.2) is 62.7 Å². The molecule has 0 saturated carbocycles. The van der Waals surface area contributed by atoms with Crippen molar-refractivity contribution in [2.24, 2.45) is 10.9 Å². The van der Waals surface area contributed by atoms with Crippen LogP contribution in [0.3, 0.4) is 0 Å². The summed E-state index contributed by atoms with van der Waals surface area (Å²) >= 11 is 0. The van der Waals surface area contributed by atoms with Crippen LogP contribution >= 0.6 is 0 Å². The van der Waals surface area contributed by atoms with Gasteiger partial charge in [-0.2, -0.15) is 0 Å². The highest BCUT2D eigenvalue weighted by Crippen LogP contribution is 2.13. The number of aliphatic imine (C=N–C) groups is 1. The van der Waals surface area contributed by atoms with Gasteiger partial charge in [0, 0.05) is 51.4 Å². The third kappa shape index (κ3) is 8.03. The van der Waals surface area contributed by atoms with E-state index in [9.17, 15) is 4.79 Å². The lowest BCUT2D eigenvalue weighted by Gasteiger charge is -2.37. The van der Waals surface area contributed by atoms with Crippen molar-refractivity contribution in [3.8, 4) is 0 Å². The van der Waals surface area contributed by atoms with Crippen LogP contribution in [0.1, 0.15) is 39.2 Å². The van der Waals surface area contributed by atoms with Crippen LogP contribution in [0.5, 0.6) is 0 Å². The Hall–Kier alpha value is -2.12. The van der Waals surface area contributed by atoms with E-state index in [0.29, 0.717) is 24.9 Å². The van der Waals surface area contributed by atoms with Gasteiger partial charge in [-0.1, -0.05) is 32.9 Å². The molecule has 162 valence electrons. The number of rotatable bonds is 9. The summed E-state index contributed by atoms with van der Waals surface area (Å²) in [6.07, 6.45) is 1.39. The average Bonchev–Trinajstić information content (AvgIpc) is 2.71. The average molecular weight is 404 g/mol. The topological polar surface area (TPSA) is 78.0 Å². The highest BCUT2D eigenvalue weighted by molar-refractivity contribution is 5.90. The summed E-state index contributed by atoms with van der Waals surface area (Å²) in [5, 5.41) is 9.79. The predicted octanol–water partition coefficient (Wildman–Crippen LogP) is 2.45. The SMILES string of the molecule is CCCC(=O)Nc1cccc(CNC(=NC)NCC(C(C)C)N2CCOCC2)c1. The zero-order chi connectivity index (χ0) is 21.1. The van der Waals surface area contributed by atoms with E-state index in [-0.39, 0.29) is 5.91 Å². The molecule has 1 unspecified atom stereocenters. The van der Waals surface area contributed by atoms with E-state index in [4.69, 9.17) is 4.74 Å². The first-order valence-electron chi connectivity index (χ1n) is 10.7. The lowest BCUT2D eigenvalue weighted by atomic mass is 10.0. The van der Waals surface area contributed by atoms with Crippen molar-refractivity contribution in [2.45, 2.75) is 46.2 Å². The third-order valence-electron chi connectivity index (χ3n) is 5.13. The van der Waals surface area contributed by atoms with Gasteiger partial charge in [0.2, 0.25) is 5.91 Å². The summed E-state index contributed by atoms with van der Waals surface area (Å²) in [5.74, 6) is 1.38. The summed E-state index contributed by atoms with van der Waals surface area (Å²) in [7, 11) is 1.79. The molecule has 1 aliphatic heterocycles. The molecule has 1 aromatic rings. The molecule has 2 rings (SSSR count). The highest BCUT2D eigenvalue weighted by atomic mass is 16.5. The Morgan fingerprint density at radius 1 is 1.24 bits per heavy atom. The molecule has 1 heterocycles. The second kappa shape index (κ2) is 12.4. The number of anilines is 1. The van der Waals surface area contributed by atoms with Gasteiger partial charge in [-0.15, -0.1) is 0 Å². The van der Waals surface area contributed by atoms with Gasteiger partial charge in [0.25, 0.3) is 0 Å². The van der Waals surface area contributed by atoms with Crippen LogP contribution in [0.15, 0.2) is 29.3 Å². The molecule has 29 heavy (non-hydrogen) atoms. The third-order valence-corrected chi connectivity index (χ3v) is 5.13. The van der Waals surface area contributed by atoms with E-state index in [1.807, 2.05) is 31.2 Å². The summed E-state index contributed by atoms with van der Waals surface area (Å²) in [5.41, 5.74) is 1.92. The van der Waals surface area contributed by atoms with E-state index in [1.54, 1.807) is 7.05 Å². The Kier molecular flexibility index (Phi) is 9.94. The lowest BCUT2D eigenvalue weighted by Crippen LogP contribution is -2.52. The van der Waals surface area contributed by atoms with Crippen LogP contribution < -0.4 is 16.0 Å². The van der Waals surface area contributed by atoms with E-state index in [1.165, 1.54) is 0 Å².